The number of hydrogen-bond acceptors (Lipinski definition) is 4. The van der Waals surface area contributed by atoms with Crippen molar-refractivity contribution < 1.29 is 27.8 Å². The molecule has 0 saturated carbocycles. The van der Waals surface area contributed by atoms with Crippen molar-refractivity contribution in [2.75, 3.05) is 13.1 Å². The van der Waals surface area contributed by atoms with Crippen LogP contribution in [0.25, 0.3) is 0 Å². The summed E-state index contributed by atoms with van der Waals surface area (Å²) in [4.78, 5) is 8.90. The molecular weight excluding hydrogens is 267 g/mol. The van der Waals surface area contributed by atoms with Crippen LogP contribution < -0.4 is 10.1 Å². The minimum absolute atomic E-state index is 0.328. The van der Waals surface area contributed by atoms with Gasteiger partial charge in [-0.2, -0.15) is 18.3 Å². The third-order valence-electron chi connectivity index (χ3n) is 2.24. The second kappa shape index (κ2) is 6.41. The third-order valence-corrected chi connectivity index (χ3v) is 2.24. The van der Waals surface area contributed by atoms with E-state index in [4.69, 9.17) is 14.6 Å². The van der Waals surface area contributed by atoms with Crippen LogP contribution in [-0.2, 0) is 11.8 Å². The molecule has 1 aliphatic rings. The van der Waals surface area contributed by atoms with Crippen LogP contribution in [0.15, 0.2) is 12.4 Å². The number of halogens is 3. The number of nitrogens with one attached hydrogen (secondary N) is 1. The van der Waals surface area contributed by atoms with E-state index in [9.17, 15) is 13.2 Å². The van der Waals surface area contributed by atoms with Crippen LogP contribution in [0.2, 0.25) is 0 Å². The number of carbonyl (C=O) groups is 1. The monoisotopic (exact) mass is 281 g/mol. The zero-order chi connectivity index (χ0) is 14.5. The third kappa shape index (κ3) is 5.60. The van der Waals surface area contributed by atoms with E-state index in [1.54, 1.807) is 10.9 Å². The SMILES string of the molecule is Cn1cc(OC2CCNC2)cn1.O=C(O)C(F)(F)F. The zero-order valence-corrected chi connectivity index (χ0v) is 10.1. The van der Waals surface area contributed by atoms with Crippen molar-refractivity contribution in [2.45, 2.75) is 18.7 Å². The molecule has 1 aromatic heterocycles. The summed E-state index contributed by atoms with van der Waals surface area (Å²) in [6, 6.07) is 0. The minimum atomic E-state index is -5.08. The highest BCUT2D eigenvalue weighted by Crippen LogP contribution is 2.13. The summed E-state index contributed by atoms with van der Waals surface area (Å²) >= 11 is 0. The summed E-state index contributed by atoms with van der Waals surface area (Å²) in [6.45, 7) is 2.01. The molecule has 0 bridgehead atoms. The van der Waals surface area contributed by atoms with Gasteiger partial charge in [0.25, 0.3) is 0 Å². The highest BCUT2D eigenvalue weighted by Gasteiger charge is 2.38. The van der Waals surface area contributed by atoms with Crippen molar-refractivity contribution in [3.05, 3.63) is 12.4 Å². The van der Waals surface area contributed by atoms with E-state index in [0.29, 0.717) is 6.10 Å². The van der Waals surface area contributed by atoms with E-state index in [1.165, 1.54) is 0 Å². The first kappa shape index (κ1) is 15.3. The summed E-state index contributed by atoms with van der Waals surface area (Å²) in [6.07, 6.45) is -0.0277. The average molecular weight is 281 g/mol. The second-order valence-electron chi connectivity index (χ2n) is 3.89. The molecule has 1 atom stereocenters. The number of hydrogen-bond donors (Lipinski definition) is 2. The van der Waals surface area contributed by atoms with E-state index in [0.717, 1.165) is 25.3 Å². The maximum absolute atomic E-state index is 10.6. The summed E-state index contributed by atoms with van der Waals surface area (Å²) in [5, 5.41) is 14.4. The molecule has 0 aliphatic carbocycles. The van der Waals surface area contributed by atoms with Crippen molar-refractivity contribution in [1.82, 2.24) is 15.1 Å². The first-order valence-electron chi connectivity index (χ1n) is 5.45. The number of aliphatic carboxylic acids is 1. The Bertz CT molecular complexity index is 414. The second-order valence-corrected chi connectivity index (χ2v) is 3.89. The van der Waals surface area contributed by atoms with Crippen molar-refractivity contribution in [1.29, 1.82) is 0 Å². The van der Waals surface area contributed by atoms with Gasteiger partial charge in [0.1, 0.15) is 6.10 Å². The lowest BCUT2D eigenvalue weighted by atomic mass is 10.3. The van der Waals surface area contributed by atoms with Crippen LogP contribution in [-0.4, -0.2) is 46.2 Å². The fourth-order valence-corrected chi connectivity index (χ4v) is 1.38. The Morgan fingerprint density at radius 1 is 1.63 bits per heavy atom. The van der Waals surface area contributed by atoms with Gasteiger partial charge in [-0.1, -0.05) is 0 Å². The Balaban J connectivity index is 0.000000224. The molecule has 9 heteroatoms. The van der Waals surface area contributed by atoms with E-state index < -0.39 is 12.1 Å². The van der Waals surface area contributed by atoms with E-state index >= 15 is 0 Å². The van der Waals surface area contributed by atoms with Gasteiger partial charge >= 0.3 is 12.1 Å². The van der Waals surface area contributed by atoms with Crippen molar-refractivity contribution >= 4 is 5.97 Å². The highest BCUT2D eigenvalue weighted by molar-refractivity contribution is 5.73. The Hall–Kier alpha value is -1.77. The largest absolute Gasteiger partial charge is 0.490 e. The number of carboxylic acids is 1. The molecule has 1 fully saturated rings. The van der Waals surface area contributed by atoms with E-state index in [2.05, 4.69) is 10.4 Å². The Morgan fingerprint density at radius 3 is 2.63 bits per heavy atom. The predicted molar refractivity (Wildman–Crippen MR) is 58.8 cm³/mol. The molecule has 0 aromatic carbocycles. The minimum Gasteiger partial charge on any atom is -0.486 e. The smallest absolute Gasteiger partial charge is 0.486 e. The van der Waals surface area contributed by atoms with Crippen molar-refractivity contribution in [2.24, 2.45) is 7.05 Å². The number of alkyl halides is 3. The molecule has 108 valence electrons. The maximum atomic E-state index is 10.6. The van der Waals surface area contributed by atoms with Gasteiger partial charge in [-0.3, -0.25) is 4.68 Å². The Morgan fingerprint density at radius 2 is 2.26 bits per heavy atom. The van der Waals surface area contributed by atoms with Crippen LogP contribution in [0, 0.1) is 0 Å². The maximum Gasteiger partial charge on any atom is 0.490 e. The normalized spacial score (nSPS) is 18.6. The summed E-state index contributed by atoms with van der Waals surface area (Å²) in [7, 11) is 1.89. The van der Waals surface area contributed by atoms with Gasteiger partial charge in [0, 0.05) is 13.6 Å². The Labute approximate surface area is 107 Å². The van der Waals surface area contributed by atoms with Crippen LogP contribution in [0.1, 0.15) is 6.42 Å². The summed E-state index contributed by atoms with van der Waals surface area (Å²) in [5.41, 5.74) is 0. The lowest BCUT2D eigenvalue weighted by molar-refractivity contribution is -0.192. The number of aryl methyl sites for hydroxylation is 1. The molecule has 1 saturated heterocycles. The summed E-state index contributed by atoms with van der Waals surface area (Å²) in [5.74, 6) is -1.89. The van der Waals surface area contributed by atoms with Gasteiger partial charge in [-0.25, -0.2) is 4.79 Å². The van der Waals surface area contributed by atoms with Crippen molar-refractivity contribution in [3.63, 3.8) is 0 Å². The molecule has 1 aromatic rings. The first-order chi connectivity index (χ1) is 8.79. The average Bonchev–Trinajstić information content (AvgIpc) is 2.90. The van der Waals surface area contributed by atoms with E-state index in [1.807, 2.05) is 13.2 Å². The molecule has 2 heterocycles. The lowest BCUT2D eigenvalue weighted by Gasteiger charge is -2.08. The number of aromatic nitrogens is 2. The number of rotatable bonds is 2. The fraction of sp³-hybridized carbons (Fsp3) is 0.600. The fourth-order valence-electron chi connectivity index (χ4n) is 1.38. The number of nitrogens with zero attached hydrogens (tertiary/aromatic N) is 2. The van der Waals surface area contributed by atoms with Gasteiger partial charge in [0.05, 0.1) is 12.4 Å². The molecule has 0 amide bonds. The van der Waals surface area contributed by atoms with Gasteiger partial charge in [0.2, 0.25) is 0 Å². The van der Waals surface area contributed by atoms with Crippen molar-refractivity contribution in [3.8, 4) is 5.75 Å². The molecule has 6 nitrogen and oxygen atoms in total. The standard InChI is InChI=1S/C8H13N3O.C2HF3O2/c1-11-6-8(5-10-11)12-7-2-3-9-4-7;3-2(4,5)1(6)7/h5-7,9H,2-4H2,1H3;(H,6,7). The zero-order valence-electron chi connectivity index (χ0n) is 10.1. The van der Waals surface area contributed by atoms with Gasteiger partial charge in [0.15, 0.2) is 5.75 Å². The molecule has 19 heavy (non-hydrogen) atoms. The molecule has 0 spiro atoms. The molecular formula is C10H14F3N3O3. The molecule has 2 rings (SSSR count). The topological polar surface area (TPSA) is 76.4 Å². The quantitative estimate of drug-likeness (QED) is 0.838. The highest BCUT2D eigenvalue weighted by atomic mass is 19.4. The van der Waals surface area contributed by atoms with Crippen LogP contribution >= 0.6 is 0 Å². The molecule has 2 N–H and O–H groups in total. The Kier molecular flexibility index (Phi) is 5.16. The lowest BCUT2D eigenvalue weighted by Crippen LogP contribution is -2.21. The van der Waals surface area contributed by atoms with Crippen LogP contribution in [0.5, 0.6) is 5.75 Å². The number of ether oxygens (including phenoxy) is 1. The van der Waals surface area contributed by atoms with Gasteiger partial charge in [-0.05, 0) is 13.0 Å². The summed E-state index contributed by atoms with van der Waals surface area (Å²) < 4.78 is 39.1. The molecule has 1 aliphatic heterocycles. The van der Waals surface area contributed by atoms with Gasteiger partial charge in [-0.15, -0.1) is 0 Å². The van der Waals surface area contributed by atoms with E-state index in [-0.39, 0.29) is 0 Å². The van der Waals surface area contributed by atoms with Crippen LogP contribution in [0.4, 0.5) is 13.2 Å². The first-order valence-corrected chi connectivity index (χ1v) is 5.45. The number of carboxylic acid groups (broad SMARTS) is 1. The molecule has 1 unspecified atom stereocenters. The molecule has 0 radical (unpaired) electrons. The van der Waals surface area contributed by atoms with Crippen LogP contribution in [0.3, 0.4) is 0 Å². The van der Waals surface area contributed by atoms with Gasteiger partial charge < -0.3 is 15.2 Å². The predicted octanol–water partition coefficient (Wildman–Crippen LogP) is 0.794.